The summed E-state index contributed by atoms with van der Waals surface area (Å²) in [6, 6.07) is 32.8. The number of carbonyl (C=O) groups is 4. The number of benzene rings is 4. The molecule has 56 heavy (non-hydrogen) atoms. The molecule has 4 aromatic rings. The maximum Gasteiger partial charge on any atom is 0.407 e. The Balaban J connectivity index is 0.000000214. The summed E-state index contributed by atoms with van der Waals surface area (Å²) in [6.45, 7) is 4.17. The Morgan fingerprint density at radius 2 is 0.875 bits per heavy atom. The maximum atomic E-state index is 12.3. The number of rotatable bonds is 12. The number of ether oxygens (including phenoxy) is 4. The van der Waals surface area contributed by atoms with Crippen molar-refractivity contribution in [2.75, 3.05) is 13.2 Å². The van der Waals surface area contributed by atoms with E-state index in [-0.39, 0.29) is 52.1 Å². The average Bonchev–Trinajstić information content (AvgIpc) is 3.18. The van der Waals surface area contributed by atoms with Crippen molar-refractivity contribution in [3.8, 4) is 0 Å². The van der Waals surface area contributed by atoms with Crippen molar-refractivity contribution in [3.63, 3.8) is 0 Å². The van der Waals surface area contributed by atoms with Gasteiger partial charge in [0.2, 0.25) is 0 Å². The first-order valence-electron chi connectivity index (χ1n) is 18.8. The molecule has 0 saturated heterocycles. The highest BCUT2D eigenvalue weighted by Crippen LogP contribution is 2.33. The fourth-order valence-corrected chi connectivity index (χ4v) is 7.06. The van der Waals surface area contributed by atoms with E-state index in [9.17, 15) is 29.4 Å². The van der Waals surface area contributed by atoms with Crippen LogP contribution in [0.15, 0.2) is 109 Å². The second-order valence-electron chi connectivity index (χ2n) is 14.0. The Bertz CT molecular complexity index is 1780. The van der Waals surface area contributed by atoms with Crippen LogP contribution in [0.3, 0.4) is 0 Å². The molecule has 0 fully saturated rings. The maximum absolute atomic E-state index is 12.3. The lowest BCUT2D eigenvalue weighted by Gasteiger charge is -2.40. The van der Waals surface area contributed by atoms with Gasteiger partial charge >= 0.3 is 24.1 Å². The van der Waals surface area contributed by atoms with E-state index >= 15 is 0 Å². The lowest BCUT2D eigenvalue weighted by molar-refractivity contribution is -0.151. The molecule has 4 N–H and O–H groups in total. The van der Waals surface area contributed by atoms with Gasteiger partial charge in [0, 0.05) is 12.8 Å². The van der Waals surface area contributed by atoms with Crippen molar-refractivity contribution >= 4 is 24.1 Å². The van der Waals surface area contributed by atoms with E-state index in [4.69, 9.17) is 18.9 Å². The van der Waals surface area contributed by atoms with Gasteiger partial charge in [-0.3, -0.25) is 9.59 Å². The van der Waals surface area contributed by atoms with Gasteiger partial charge < -0.3 is 39.8 Å². The number of hydrogen-bond acceptors (Lipinski definition) is 10. The number of esters is 2. The summed E-state index contributed by atoms with van der Waals surface area (Å²) in [4.78, 5) is 48.8. The summed E-state index contributed by atoms with van der Waals surface area (Å²) in [6.07, 6.45) is -0.320. The molecule has 2 aliphatic carbocycles. The van der Waals surface area contributed by atoms with E-state index in [1.165, 1.54) is 0 Å². The van der Waals surface area contributed by atoms with Crippen LogP contribution in [0.5, 0.6) is 0 Å². The molecule has 4 aromatic carbocycles. The predicted molar refractivity (Wildman–Crippen MR) is 207 cm³/mol. The second-order valence-corrected chi connectivity index (χ2v) is 14.0. The third kappa shape index (κ3) is 11.6. The van der Waals surface area contributed by atoms with Gasteiger partial charge in [0.1, 0.15) is 13.2 Å². The van der Waals surface area contributed by atoms with Gasteiger partial charge in [-0.15, -0.1) is 0 Å². The summed E-state index contributed by atoms with van der Waals surface area (Å²) in [5.41, 5.74) is 2.85. The van der Waals surface area contributed by atoms with Crippen molar-refractivity contribution in [1.29, 1.82) is 0 Å². The van der Waals surface area contributed by atoms with E-state index < -0.39 is 47.4 Å². The molecule has 0 heterocycles. The highest BCUT2D eigenvalue weighted by molar-refractivity contribution is 5.73. The number of nitrogens with one attached hydrogen (secondary N) is 2. The summed E-state index contributed by atoms with van der Waals surface area (Å²) in [7, 11) is 0. The number of carbonyl (C=O) groups excluding carboxylic acids is 4. The quantitative estimate of drug-likeness (QED) is 0.106. The molecule has 2 aliphatic rings. The minimum Gasteiger partial charge on any atom is -0.466 e. The number of fused-ring (bicyclic) bond motifs is 2. The van der Waals surface area contributed by atoms with Gasteiger partial charge in [-0.05, 0) is 60.1 Å². The molecular formula is C44H50N2O10. The number of amides is 2. The highest BCUT2D eigenvalue weighted by Gasteiger charge is 2.45. The molecule has 6 rings (SSSR count). The molecule has 0 spiro atoms. The Morgan fingerprint density at radius 1 is 0.536 bits per heavy atom. The molecule has 0 aromatic heterocycles. The van der Waals surface area contributed by atoms with Crippen molar-refractivity contribution in [3.05, 3.63) is 143 Å². The van der Waals surface area contributed by atoms with Gasteiger partial charge in [-0.25, -0.2) is 9.59 Å². The third-order valence-electron chi connectivity index (χ3n) is 9.90. The molecule has 2 amide bonds. The summed E-state index contributed by atoms with van der Waals surface area (Å²) in [5.74, 6) is -0.984. The van der Waals surface area contributed by atoms with Crippen molar-refractivity contribution < 1.29 is 48.3 Å². The van der Waals surface area contributed by atoms with Crippen LogP contribution in [0, 0.1) is 0 Å². The van der Waals surface area contributed by atoms with Crippen LogP contribution >= 0.6 is 0 Å². The first-order valence-corrected chi connectivity index (χ1v) is 18.8. The van der Waals surface area contributed by atoms with Gasteiger partial charge in [0.25, 0.3) is 0 Å². The van der Waals surface area contributed by atoms with E-state index in [0.717, 1.165) is 33.4 Å². The number of alkyl carbamates (subject to hydrolysis) is 2. The van der Waals surface area contributed by atoms with Crippen LogP contribution in [0.25, 0.3) is 0 Å². The average molecular weight is 767 g/mol. The molecule has 0 aliphatic heterocycles. The zero-order chi connectivity index (χ0) is 40.0. The SMILES string of the molecule is CCOC(=O)C[C@@]1(O)Cc2ccccc2C[C@H]1NC(=O)OCc1ccccc1.CCOC(=O)C[C@]1(O)Cc2ccccc2C[C@H]1NC(=O)OCc1ccccc1. The first kappa shape index (κ1) is 41.4. The normalized spacial score (nSPS) is 20.7. The fraction of sp³-hybridized carbons (Fsp3) is 0.364. The molecule has 296 valence electrons. The van der Waals surface area contributed by atoms with Crippen LogP contribution in [0.1, 0.15) is 60.1 Å². The molecule has 4 atom stereocenters. The Hall–Kier alpha value is -5.72. The lowest BCUT2D eigenvalue weighted by atomic mass is 9.75. The zero-order valence-corrected chi connectivity index (χ0v) is 31.8. The molecule has 12 nitrogen and oxygen atoms in total. The topological polar surface area (TPSA) is 170 Å². The molecule has 0 radical (unpaired) electrons. The smallest absolute Gasteiger partial charge is 0.407 e. The summed E-state index contributed by atoms with van der Waals surface area (Å²) >= 11 is 0. The first-order chi connectivity index (χ1) is 27.0. The Labute approximate surface area is 327 Å². The van der Waals surface area contributed by atoms with Crippen LogP contribution in [0.4, 0.5) is 9.59 Å². The monoisotopic (exact) mass is 766 g/mol. The molecule has 0 bridgehead atoms. The molecule has 0 saturated carbocycles. The second kappa shape index (κ2) is 19.7. The van der Waals surface area contributed by atoms with Gasteiger partial charge in [0.15, 0.2) is 0 Å². The minimum absolute atomic E-state index is 0.131. The molecular weight excluding hydrogens is 716 g/mol. The number of hydrogen-bond donors (Lipinski definition) is 4. The van der Waals surface area contributed by atoms with Crippen LogP contribution in [-0.4, -0.2) is 70.8 Å². The van der Waals surface area contributed by atoms with Gasteiger partial charge in [-0.2, -0.15) is 0 Å². The van der Waals surface area contributed by atoms with E-state index in [0.29, 0.717) is 12.8 Å². The third-order valence-corrected chi connectivity index (χ3v) is 9.90. The Morgan fingerprint density at radius 3 is 1.23 bits per heavy atom. The largest absolute Gasteiger partial charge is 0.466 e. The predicted octanol–water partition coefficient (Wildman–Crippen LogP) is 5.53. The van der Waals surface area contributed by atoms with E-state index in [1.54, 1.807) is 13.8 Å². The summed E-state index contributed by atoms with van der Waals surface area (Å²) < 4.78 is 20.6. The van der Waals surface area contributed by atoms with Crippen LogP contribution < -0.4 is 10.6 Å². The zero-order valence-electron chi connectivity index (χ0n) is 31.8. The van der Waals surface area contributed by atoms with Crippen molar-refractivity contribution in [1.82, 2.24) is 10.6 Å². The standard InChI is InChI=1S/2C22H25NO5/c2*1-2-27-20(24)14-22(26)13-18-11-7-6-10-17(18)12-19(22)23-21(25)28-15-16-8-4-3-5-9-16/h2*3-11,19,26H,2,12-15H2,1H3,(H,23,25)/t19-,22+;19-,22-/m11/s1. The van der Waals surface area contributed by atoms with Crippen molar-refractivity contribution in [2.24, 2.45) is 0 Å². The number of aliphatic hydroxyl groups is 2. The fourth-order valence-electron chi connectivity index (χ4n) is 7.06. The van der Waals surface area contributed by atoms with Gasteiger partial charge in [-0.1, -0.05) is 109 Å². The molecule has 0 unspecified atom stereocenters. The van der Waals surface area contributed by atoms with Crippen LogP contribution in [0.2, 0.25) is 0 Å². The minimum atomic E-state index is -1.44. The van der Waals surface area contributed by atoms with E-state index in [2.05, 4.69) is 10.6 Å². The van der Waals surface area contributed by atoms with Gasteiger partial charge in [0.05, 0.1) is 49.3 Å². The van der Waals surface area contributed by atoms with E-state index in [1.807, 2.05) is 109 Å². The van der Waals surface area contributed by atoms with Crippen molar-refractivity contribution in [2.45, 2.75) is 88.9 Å². The summed E-state index contributed by atoms with van der Waals surface area (Å²) in [5, 5.41) is 28.0. The highest BCUT2D eigenvalue weighted by atomic mass is 16.6. The lowest BCUT2D eigenvalue weighted by Crippen LogP contribution is -2.58. The Kier molecular flexibility index (Phi) is 14.6. The molecule has 12 heteroatoms. The van der Waals surface area contributed by atoms with Crippen LogP contribution in [-0.2, 0) is 67.4 Å².